The van der Waals surface area contributed by atoms with Crippen LogP contribution in [-0.4, -0.2) is 47.8 Å². The van der Waals surface area contributed by atoms with Crippen LogP contribution in [-0.2, 0) is 33.8 Å². The molecule has 1 aromatic carbocycles. The SMILES string of the molecule is COC(=O)c1ccc(CSc2nnc(C[C@H]3CCS(=O)(=O)C3)n2C)cc1. The van der Waals surface area contributed by atoms with Crippen molar-refractivity contribution in [1.29, 1.82) is 0 Å². The van der Waals surface area contributed by atoms with Gasteiger partial charge >= 0.3 is 5.97 Å². The number of aromatic nitrogens is 3. The second-order valence-corrected chi connectivity index (χ2v) is 9.58. The average molecular weight is 396 g/mol. The molecule has 0 amide bonds. The van der Waals surface area contributed by atoms with E-state index in [2.05, 4.69) is 14.9 Å². The Hall–Kier alpha value is -1.87. The Balaban J connectivity index is 1.59. The van der Waals surface area contributed by atoms with Crippen LogP contribution in [0.2, 0.25) is 0 Å². The summed E-state index contributed by atoms with van der Waals surface area (Å²) in [7, 11) is 0.389. The number of methoxy groups -OCH3 is 1. The normalized spacial score (nSPS) is 18.8. The zero-order valence-electron chi connectivity index (χ0n) is 14.7. The molecule has 1 atom stereocenters. The molecular formula is C17H21N3O4S2. The molecule has 7 nitrogen and oxygen atoms in total. The fraction of sp³-hybridized carbons (Fsp3) is 0.471. The first kappa shape index (κ1) is 18.9. The van der Waals surface area contributed by atoms with Crippen molar-refractivity contribution in [1.82, 2.24) is 14.8 Å². The van der Waals surface area contributed by atoms with Crippen molar-refractivity contribution in [3.05, 3.63) is 41.2 Å². The second-order valence-electron chi connectivity index (χ2n) is 6.41. The van der Waals surface area contributed by atoms with Gasteiger partial charge in [-0.15, -0.1) is 10.2 Å². The molecule has 2 aromatic rings. The van der Waals surface area contributed by atoms with Gasteiger partial charge in [0, 0.05) is 19.2 Å². The molecule has 1 aliphatic heterocycles. The quantitative estimate of drug-likeness (QED) is 0.545. The van der Waals surface area contributed by atoms with E-state index < -0.39 is 9.84 Å². The van der Waals surface area contributed by atoms with Crippen LogP contribution in [0.4, 0.5) is 0 Å². The number of thioether (sulfide) groups is 1. The fourth-order valence-corrected chi connectivity index (χ4v) is 5.69. The Morgan fingerprint density at radius 3 is 2.65 bits per heavy atom. The molecule has 0 spiro atoms. The van der Waals surface area contributed by atoms with Gasteiger partial charge in [0.15, 0.2) is 15.0 Å². The minimum absolute atomic E-state index is 0.131. The van der Waals surface area contributed by atoms with Crippen molar-refractivity contribution in [2.24, 2.45) is 13.0 Å². The van der Waals surface area contributed by atoms with E-state index in [1.807, 2.05) is 23.7 Å². The lowest BCUT2D eigenvalue weighted by atomic mass is 10.1. The minimum atomic E-state index is -2.88. The van der Waals surface area contributed by atoms with Gasteiger partial charge in [0.2, 0.25) is 0 Å². The number of sulfone groups is 1. The number of carbonyl (C=O) groups is 1. The first-order valence-corrected chi connectivity index (χ1v) is 11.1. The van der Waals surface area contributed by atoms with E-state index in [1.165, 1.54) is 7.11 Å². The van der Waals surface area contributed by atoms with Crippen molar-refractivity contribution in [2.45, 2.75) is 23.8 Å². The summed E-state index contributed by atoms with van der Waals surface area (Å²) in [5.74, 6) is 1.82. The highest BCUT2D eigenvalue weighted by Crippen LogP contribution is 2.25. The number of rotatable bonds is 6. The summed E-state index contributed by atoms with van der Waals surface area (Å²) in [5.41, 5.74) is 1.59. The van der Waals surface area contributed by atoms with Gasteiger partial charge in [-0.05, 0) is 30.0 Å². The molecule has 1 fully saturated rings. The van der Waals surface area contributed by atoms with Crippen LogP contribution in [0.3, 0.4) is 0 Å². The lowest BCUT2D eigenvalue weighted by molar-refractivity contribution is 0.0600. The van der Waals surface area contributed by atoms with E-state index >= 15 is 0 Å². The van der Waals surface area contributed by atoms with Gasteiger partial charge in [-0.25, -0.2) is 13.2 Å². The highest BCUT2D eigenvalue weighted by molar-refractivity contribution is 7.98. The van der Waals surface area contributed by atoms with Crippen LogP contribution in [0.15, 0.2) is 29.4 Å². The molecule has 1 saturated heterocycles. The van der Waals surface area contributed by atoms with E-state index in [4.69, 9.17) is 0 Å². The molecule has 0 aliphatic carbocycles. The number of hydrogen-bond donors (Lipinski definition) is 0. The van der Waals surface area contributed by atoms with Crippen LogP contribution in [0.5, 0.6) is 0 Å². The maximum absolute atomic E-state index is 11.6. The molecule has 2 heterocycles. The lowest BCUT2D eigenvalue weighted by Gasteiger charge is -2.08. The average Bonchev–Trinajstić information content (AvgIpc) is 3.15. The standard InChI is InChI=1S/C17H21N3O4S2/c1-20-15(9-13-7-8-26(22,23)11-13)18-19-17(20)25-10-12-3-5-14(6-4-12)16(21)24-2/h3-6,13H,7-11H2,1-2H3/t13-/m1/s1. The summed E-state index contributed by atoms with van der Waals surface area (Å²) in [5, 5.41) is 9.23. The van der Waals surface area contributed by atoms with Crippen molar-refractivity contribution >= 4 is 27.6 Å². The molecule has 0 unspecified atom stereocenters. The zero-order chi connectivity index (χ0) is 18.7. The maximum atomic E-state index is 11.6. The van der Waals surface area contributed by atoms with E-state index in [9.17, 15) is 13.2 Å². The minimum Gasteiger partial charge on any atom is -0.465 e. The number of hydrogen-bond acceptors (Lipinski definition) is 7. The summed E-state index contributed by atoms with van der Waals surface area (Å²) in [6, 6.07) is 7.26. The number of nitrogens with zero attached hydrogens (tertiary/aromatic N) is 3. The molecule has 0 N–H and O–H groups in total. The monoisotopic (exact) mass is 395 g/mol. The summed E-state index contributed by atoms with van der Waals surface area (Å²) >= 11 is 1.55. The molecule has 3 rings (SSSR count). The van der Waals surface area contributed by atoms with Crippen LogP contribution < -0.4 is 0 Å². The molecule has 0 bridgehead atoms. The number of benzene rings is 1. The van der Waals surface area contributed by atoms with Gasteiger partial charge < -0.3 is 9.30 Å². The summed E-state index contributed by atoms with van der Waals surface area (Å²) in [4.78, 5) is 11.4. The van der Waals surface area contributed by atoms with Crippen LogP contribution in [0.25, 0.3) is 0 Å². The van der Waals surface area contributed by atoms with Gasteiger partial charge in [-0.1, -0.05) is 23.9 Å². The summed E-state index contributed by atoms with van der Waals surface area (Å²) in [6.45, 7) is 0. The number of esters is 1. The molecule has 140 valence electrons. The third-order valence-corrected chi connectivity index (χ3v) is 7.39. The topological polar surface area (TPSA) is 91.2 Å². The van der Waals surface area contributed by atoms with Crippen LogP contribution in [0, 0.1) is 5.92 Å². The smallest absolute Gasteiger partial charge is 0.337 e. The first-order chi connectivity index (χ1) is 12.4. The Kier molecular flexibility index (Phi) is 5.67. The van der Waals surface area contributed by atoms with E-state index in [0.717, 1.165) is 16.5 Å². The largest absolute Gasteiger partial charge is 0.465 e. The van der Waals surface area contributed by atoms with Crippen LogP contribution in [0.1, 0.15) is 28.2 Å². The summed E-state index contributed by atoms with van der Waals surface area (Å²) < 4.78 is 29.8. The van der Waals surface area contributed by atoms with Crippen molar-refractivity contribution in [2.75, 3.05) is 18.6 Å². The highest BCUT2D eigenvalue weighted by Gasteiger charge is 2.29. The molecule has 0 radical (unpaired) electrons. The molecule has 1 aliphatic rings. The molecule has 26 heavy (non-hydrogen) atoms. The van der Waals surface area contributed by atoms with Gasteiger partial charge in [-0.3, -0.25) is 0 Å². The Bertz CT molecular complexity index is 891. The Labute approximate surface area is 157 Å². The predicted octanol–water partition coefficient (Wildman–Crippen LogP) is 1.87. The van der Waals surface area contributed by atoms with E-state index in [-0.39, 0.29) is 23.4 Å². The fourth-order valence-electron chi connectivity index (χ4n) is 2.94. The van der Waals surface area contributed by atoms with Gasteiger partial charge in [0.1, 0.15) is 5.82 Å². The second kappa shape index (κ2) is 7.79. The molecule has 1 aromatic heterocycles. The zero-order valence-corrected chi connectivity index (χ0v) is 16.3. The third-order valence-electron chi connectivity index (χ3n) is 4.47. The summed E-state index contributed by atoms with van der Waals surface area (Å²) in [6.07, 6.45) is 1.33. The van der Waals surface area contributed by atoms with E-state index in [1.54, 1.807) is 23.9 Å². The third kappa shape index (κ3) is 4.45. The number of ether oxygens (including phenoxy) is 1. The van der Waals surface area contributed by atoms with Crippen molar-refractivity contribution < 1.29 is 17.9 Å². The first-order valence-electron chi connectivity index (χ1n) is 8.26. The molecular weight excluding hydrogens is 374 g/mol. The van der Waals surface area contributed by atoms with Gasteiger partial charge in [-0.2, -0.15) is 0 Å². The molecule has 9 heteroatoms. The predicted molar refractivity (Wildman–Crippen MR) is 98.8 cm³/mol. The molecule has 0 saturated carbocycles. The van der Waals surface area contributed by atoms with Crippen molar-refractivity contribution in [3.63, 3.8) is 0 Å². The Morgan fingerprint density at radius 2 is 2.04 bits per heavy atom. The van der Waals surface area contributed by atoms with Gasteiger partial charge in [0.05, 0.1) is 24.2 Å². The maximum Gasteiger partial charge on any atom is 0.337 e. The van der Waals surface area contributed by atoms with Crippen molar-refractivity contribution in [3.8, 4) is 0 Å². The van der Waals surface area contributed by atoms with E-state index in [0.29, 0.717) is 24.2 Å². The Morgan fingerprint density at radius 1 is 1.31 bits per heavy atom. The lowest BCUT2D eigenvalue weighted by Crippen LogP contribution is -2.11. The number of carbonyl (C=O) groups excluding carboxylic acids is 1. The highest BCUT2D eigenvalue weighted by atomic mass is 32.2. The van der Waals surface area contributed by atoms with Crippen LogP contribution >= 0.6 is 11.8 Å². The van der Waals surface area contributed by atoms with Gasteiger partial charge in [0.25, 0.3) is 0 Å².